The molecule has 1 aromatic carbocycles. The van der Waals surface area contributed by atoms with Crippen LogP contribution in [0.1, 0.15) is 66.5 Å². The number of nitrogens with zero attached hydrogens (tertiary/aromatic N) is 3. The molecule has 3 heterocycles. The molecule has 0 spiro atoms. The van der Waals surface area contributed by atoms with Crippen LogP contribution in [0.25, 0.3) is 0 Å². The number of anilines is 1. The molecule has 0 radical (unpaired) electrons. The summed E-state index contributed by atoms with van der Waals surface area (Å²) in [6.07, 6.45) is 7.09. The van der Waals surface area contributed by atoms with Crippen molar-refractivity contribution < 1.29 is 0 Å². The van der Waals surface area contributed by atoms with Gasteiger partial charge < -0.3 is 14.8 Å². The van der Waals surface area contributed by atoms with Crippen LogP contribution in [-0.2, 0) is 0 Å². The molecule has 0 bridgehead atoms. The van der Waals surface area contributed by atoms with Gasteiger partial charge >= 0.3 is 0 Å². The smallest absolute Gasteiger partial charge is 0.174 e. The van der Waals surface area contributed by atoms with E-state index in [1.54, 1.807) is 0 Å². The molecule has 4 nitrogen and oxygen atoms in total. The Morgan fingerprint density at radius 1 is 1.00 bits per heavy atom. The zero-order chi connectivity index (χ0) is 20.7. The Bertz CT molecular complexity index is 1040. The molecule has 1 N–H and O–H groups in total. The van der Waals surface area contributed by atoms with Crippen LogP contribution >= 0.6 is 12.2 Å². The molecule has 5 rings (SSSR count). The summed E-state index contributed by atoms with van der Waals surface area (Å²) in [6, 6.07) is 19.7. The van der Waals surface area contributed by atoms with Crippen LogP contribution in [0.3, 0.4) is 0 Å². The van der Waals surface area contributed by atoms with Gasteiger partial charge in [0.1, 0.15) is 0 Å². The van der Waals surface area contributed by atoms with Gasteiger partial charge in [0.05, 0.1) is 17.8 Å². The number of benzene rings is 1. The summed E-state index contributed by atoms with van der Waals surface area (Å²) in [5.41, 5.74) is 6.18. The predicted molar refractivity (Wildman–Crippen MR) is 126 cm³/mol. The molecule has 30 heavy (non-hydrogen) atoms. The summed E-state index contributed by atoms with van der Waals surface area (Å²) in [7, 11) is 0. The maximum atomic E-state index is 5.85. The third kappa shape index (κ3) is 3.21. The average molecular weight is 417 g/mol. The number of hydrogen-bond acceptors (Lipinski definition) is 2. The Labute approximate surface area is 183 Å². The van der Waals surface area contributed by atoms with Crippen molar-refractivity contribution in [2.24, 2.45) is 0 Å². The summed E-state index contributed by atoms with van der Waals surface area (Å²) >= 11 is 5.85. The van der Waals surface area contributed by atoms with Gasteiger partial charge in [0.15, 0.2) is 5.11 Å². The van der Waals surface area contributed by atoms with Gasteiger partial charge in [-0.2, -0.15) is 0 Å². The molecule has 2 aromatic heterocycles. The number of pyridine rings is 1. The van der Waals surface area contributed by atoms with E-state index < -0.39 is 0 Å². The highest BCUT2D eigenvalue weighted by molar-refractivity contribution is 7.80. The van der Waals surface area contributed by atoms with E-state index in [1.165, 1.54) is 42.6 Å². The Hall–Kier alpha value is -2.66. The number of nitrogens with one attached hydrogen (secondary N) is 1. The number of rotatable bonds is 4. The fourth-order valence-corrected chi connectivity index (χ4v) is 5.71. The fraction of sp³-hybridized carbons (Fsp3) is 0.360. The molecule has 1 aliphatic carbocycles. The van der Waals surface area contributed by atoms with Crippen molar-refractivity contribution in [3.05, 3.63) is 83.4 Å². The van der Waals surface area contributed by atoms with Crippen molar-refractivity contribution in [1.82, 2.24) is 14.9 Å². The monoisotopic (exact) mass is 416 g/mol. The van der Waals surface area contributed by atoms with Crippen LogP contribution in [0.4, 0.5) is 5.69 Å². The van der Waals surface area contributed by atoms with Crippen LogP contribution in [0.5, 0.6) is 0 Å². The molecule has 3 aromatic rings. The fourth-order valence-electron chi connectivity index (χ4n) is 5.36. The molecule has 2 atom stereocenters. The Morgan fingerprint density at radius 3 is 2.43 bits per heavy atom. The Kier molecular flexibility index (Phi) is 5.07. The largest absolute Gasteiger partial charge is 0.351 e. The lowest BCUT2D eigenvalue weighted by molar-refractivity contribution is 0.494. The molecule has 2 aliphatic rings. The van der Waals surface area contributed by atoms with E-state index in [4.69, 9.17) is 12.2 Å². The third-order valence-electron chi connectivity index (χ3n) is 6.66. The van der Waals surface area contributed by atoms with Crippen LogP contribution in [-0.4, -0.2) is 14.7 Å². The first kappa shape index (κ1) is 19.3. The lowest BCUT2D eigenvalue weighted by atomic mass is 9.96. The van der Waals surface area contributed by atoms with Crippen molar-refractivity contribution >= 4 is 23.0 Å². The highest BCUT2D eigenvalue weighted by Crippen LogP contribution is 2.44. The summed E-state index contributed by atoms with van der Waals surface area (Å²) in [5.74, 6) is 0. The molecule has 154 valence electrons. The van der Waals surface area contributed by atoms with Crippen LogP contribution < -0.4 is 10.2 Å². The minimum atomic E-state index is 0.0106. The minimum absolute atomic E-state index is 0.0106. The van der Waals surface area contributed by atoms with Crippen molar-refractivity contribution in [2.45, 2.75) is 57.7 Å². The summed E-state index contributed by atoms with van der Waals surface area (Å²) in [6.45, 7) is 4.53. The summed E-state index contributed by atoms with van der Waals surface area (Å²) in [4.78, 5) is 6.95. The molecule has 1 saturated heterocycles. The Balaban J connectivity index is 1.64. The second kappa shape index (κ2) is 7.88. The van der Waals surface area contributed by atoms with E-state index in [1.807, 2.05) is 18.3 Å². The zero-order valence-corrected chi connectivity index (χ0v) is 18.4. The maximum absolute atomic E-state index is 5.85. The van der Waals surface area contributed by atoms with E-state index >= 15 is 0 Å². The molecular formula is C25H28N4S. The van der Waals surface area contributed by atoms with Gasteiger partial charge in [0.25, 0.3) is 0 Å². The second-order valence-electron chi connectivity index (χ2n) is 8.47. The van der Waals surface area contributed by atoms with E-state index in [2.05, 4.69) is 76.1 Å². The molecule has 0 unspecified atom stereocenters. The summed E-state index contributed by atoms with van der Waals surface area (Å²) < 4.78 is 2.57. The van der Waals surface area contributed by atoms with Crippen molar-refractivity contribution in [3.8, 4) is 0 Å². The zero-order valence-electron chi connectivity index (χ0n) is 17.6. The maximum Gasteiger partial charge on any atom is 0.174 e. The number of hydrogen-bond donors (Lipinski definition) is 1. The van der Waals surface area contributed by atoms with Crippen molar-refractivity contribution in [3.63, 3.8) is 0 Å². The standard InChI is InChI=1S/C25H28N4S/c1-17-16-21(18(2)28(17)19-12-6-7-13-19)24-23(22-14-8-9-15-26-22)27-25(30)29(24)20-10-4-3-5-11-20/h3-5,8-11,14-16,19,23-24H,6-7,12-13H2,1-2H3,(H,27,30)/t23-,24-/m0/s1. The number of thiocarbonyl (C=S) groups is 1. The van der Waals surface area contributed by atoms with Crippen molar-refractivity contribution in [2.75, 3.05) is 4.90 Å². The van der Waals surface area contributed by atoms with Gasteiger partial charge in [-0.25, -0.2) is 0 Å². The van der Waals surface area contributed by atoms with E-state index in [9.17, 15) is 0 Å². The first-order valence-corrected chi connectivity index (χ1v) is 11.3. The van der Waals surface area contributed by atoms with E-state index in [0.29, 0.717) is 6.04 Å². The second-order valence-corrected chi connectivity index (χ2v) is 8.85. The van der Waals surface area contributed by atoms with Gasteiger partial charge in [0, 0.05) is 29.3 Å². The molecule has 1 saturated carbocycles. The predicted octanol–water partition coefficient (Wildman–Crippen LogP) is 5.79. The molecular weight excluding hydrogens is 388 g/mol. The van der Waals surface area contributed by atoms with Gasteiger partial charge in [-0.05, 0) is 74.8 Å². The van der Waals surface area contributed by atoms with Crippen LogP contribution in [0, 0.1) is 13.8 Å². The van der Waals surface area contributed by atoms with Gasteiger partial charge in [-0.3, -0.25) is 4.98 Å². The van der Waals surface area contributed by atoms with E-state index in [0.717, 1.165) is 16.5 Å². The highest BCUT2D eigenvalue weighted by Gasteiger charge is 2.42. The molecule has 0 amide bonds. The number of aromatic nitrogens is 2. The van der Waals surface area contributed by atoms with Crippen molar-refractivity contribution in [1.29, 1.82) is 0 Å². The first-order valence-electron chi connectivity index (χ1n) is 10.9. The van der Waals surface area contributed by atoms with Gasteiger partial charge in [-0.15, -0.1) is 0 Å². The lowest BCUT2D eigenvalue weighted by Crippen LogP contribution is -2.29. The SMILES string of the molecule is Cc1cc([C@H]2[C@H](c3ccccn3)NC(=S)N2c2ccccc2)c(C)n1C1CCCC1. The topological polar surface area (TPSA) is 33.1 Å². The van der Waals surface area contributed by atoms with Gasteiger partial charge in [0.2, 0.25) is 0 Å². The van der Waals surface area contributed by atoms with E-state index in [-0.39, 0.29) is 12.1 Å². The highest BCUT2D eigenvalue weighted by atomic mass is 32.1. The minimum Gasteiger partial charge on any atom is -0.351 e. The van der Waals surface area contributed by atoms with Gasteiger partial charge in [-0.1, -0.05) is 37.1 Å². The molecule has 1 aliphatic heterocycles. The number of para-hydroxylation sites is 1. The normalized spacial score (nSPS) is 21.9. The van der Waals surface area contributed by atoms with Crippen LogP contribution in [0.15, 0.2) is 60.8 Å². The first-order chi connectivity index (χ1) is 14.6. The number of aryl methyl sites for hydroxylation is 1. The summed E-state index contributed by atoms with van der Waals surface area (Å²) in [5, 5.41) is 4.34. The Morgan fingerprint density at radius 2 is 1.73 bits per heavy atom. The van der Waals surface area contributed by atoms with Crippen LogP contribution in [0.2, 0.25) is 0 Å². The lowest BCUT2D eigenvalue weighted by Gasteiger charge is -2.28. The molecule has 2 fully saturated rings. The molecule has 5 heteroatoms. The quantitative estimate of drug-likeness (QED) is 0.546. The third-order valence-corrected chi connectivity index (χ3v) is 6.98. The average Bonchev–Trinajstić information content (AvgIpc) is 3.47.